The molecule has 0 bridgehead atoms. The lowest BCUT2D eigenvalue weighted by Gasteiger charge is -2.11. The number of hydrogen-bond acceptors (Lipinski definition) is 5. The van der Waals surface area contributed by atoms with E-state index in [-0.39, 0.29) is 3.94 Å². The maximum atomic E-state index is 11.3. The fourth-order valence-electron chi connectivity index (χ4n) is 0.335. The summed E-state index contributed by atoms with van der Waals surface area (Å²) in [7, 11) is -0.453. The predicted molar refractivity (Wildman–Crippen MR) is 47.7 cm³/mol. The van der Waals surface area contributed by atoms with Crippen LogP contribution < -0.4 is 0 Å². The third-order valence-corrected chi connectivity index (χ3v) is 5.03. The van der Waals surface area contributed by atoms with Crippen LogP contribution >= 0.6 is 31.6 Å². The smallest absolute Gasteiger partial charge is 0.308 e. The van der Waals surface area contributed by atoms with Gasteiger partial charge < -0.3 is 9.05 Å². The van der Waals surface area contributed by atoms with E-state index in [0.717, 1.165) is 0 Å². The van der Waals surface area contributed by atoms with Gasteiger partial charge in [-0.25, -0.2) is 0 Å². The molecule has 0 rings (SSSR count). The zero-order chi connectivity index (χ0) is 8.20. The average molecular weight is 200 g/mol. The molecule has 0 unspecified atom stereocenters. The molecular weight excluding hydrogens is 191 g/mol. The van der Waals surface area contributed by atoms with E-state index in [1.165, 1.54) is 26.0 Å². The minimum atomic E-state index is -3.08. The van der Waals surface area contributed by atoms with Gasteiger partial charge in [-0.05, 0) is 6.26 Å². The molecule has 10 heavy (non-hydrogen) atoms. The Labute approximate surface area is 70.0 Å². The Bertz CT molecular complexity index is 162. The van der Waals surface area contributed by atoms with Crippen LogP contribution in [0, 0.1) is 0 Å². The van der Waals surface area contributed by atoms with Crippen molar-refractivity contribution >= 4 is 35.5 Å². The van der Waals surface area contributed by atoms with E-state index in [2.05, 4.69) is 9.05 Å². The first-order valence-corrected chi connectivity index (χ1v) is 5.58. The second kappa shape index (κ2) is 4.46. The molecule has 0 radical (unpaired) electrons. The van der Waals surface area contributed by atoms with Gasteiger partial charge in [0.15, 0.2) is 3.94 Å². The third kappa shape index (κ3) is 2.32. The highest BCUT2D eigenvalue weighted by atomic mass is 32.2. The van der Waals surface area contributed by atoms with Crippen LogP contribution in [0.5, 0.6) is 0 Å². The standard InChI is InChI=1S/C4H9O3PS2/c1-6-8(5,7-2)4(9)10-3/h1-3H3. The average Bonchev–Trinajstić information content (AvgIpc) is 2.01. The lowest BCUT2D eigenvalue weighted by Crippen LogP contribution is -1.95. The van der Waals surface area contributed by atoms with Crippen molar-refractivity contribution in [2.75, 3.05) is 20.5 Å². The van der Waals surface area contributed by atoms with Gasteiger partial charge >= 0.3 is 7.60 Å². The fourth-order valence-corrected chi connectivity index (χ4v) is 2.57. The van der Waals surface area contributed by atoms with Crippen LogP contribution in [0.1, 0.15) is 0 Å². The summed E-state index contributed by atoms with van der Waals surface area (Å²) < 4.78 is 20.8. The zero-order valence-electron chi connectivity index (χ0n) is 5.99. The van der Waals surface area contributed by atoms with Gasteiger partial charge in [0, 0.05) is 14.2 Å². The third-order valence-electron chi connectivity index (χ3n) is 0.879. The van der Waals surface area contributed by atoms with Gasteiger partial charge in [0.05, 0.1) is 0 Å². The maximum Gasteiger partial charge on any atom is 0.377 e. The molecule has 0 N–H and O–H groups in total. The maximum absolute atomic E-state index is 11.3. The van der Waals surface area contributed by atoms with Crippen LogP contribution in [-0.4, -0.2) is 24.4 Å². The van der Waals surface area contributed by atoms with Crippen molar-refractivity contribution in [2.45, 2.75) is 0 Å². The quantitative estimate of drug-likeness (QED) is 0.515. The van der Waals surface area contributed by atoms with Crippen LogP contribution in [-0.2, 0) is 13.6 Å². The second-order valence-electron chi connectivity index (χ2n) is 1.33. The van der Waals surface area contributed by atoms with Crippen molar-refractivity contribution in [1.29, 1.82) is 0 Å². The molecule has 0 atom stereocenters. The van der Waals surface area contributed by atoms with Gasteiger partial charge in [-0.1, -0.05) is 12.2 Å². The summed E-state index contributed by atoms with van der Waals surface area (Å²) in [6, 6.07) is 0. The van der Waals surface area contributed by atoms with Gasteiger partial charge in [-0.15, -0.1) is 11.8 Å². The monoisotopic (exact) mass is 200 g/mol. The summed E-state index contributed by atoms with van der Waals surface area (Å²) in [5.41, 5.74) is 0. The molecule has 0 aliphatic heterocycles. The molecule has 0 aromatic rings. The van der Waals surface area contributed by atoms with Crippen LogP contribution in [0.25, 0.3) is 0 Å². The highest BCUT2D eigenvalue weighted by Gasteiger charge is 2.26. The molecule has 3 nitrogen and oxygen atoms in total. The van der Waals surface area contributed by atoms with Gasteiger partial charge in [0.25, 0.3) is 0 Å². The highest BCUT2D eigenvalue weighted by molar-refractivity contribution is 8.35. The number of thiocarbonyl (C=S) groups is 1. The number of hydrogen-bond donors (Lipinski definition) is 0. The summed E-state index contributed by atoms with van der Waals surface area (Å²) in [4.78, 5) is 0. The van der Waals surface area contributed by atoms with Crippen LogP contribution in [0.4, 0.5) is 0 Å². The Kier molecular flexibility index (Phi) is 4.73. The van der Waals surface area contributed by atoms with Crippen LogP contribution in [0.3, 0.4) is 0 Å². The number of thioether (sulfide) groups is 1. The second-order valence-corrected chi connectivity index (χ2v) is 5.59. The Balaban J connectivity index is 4.34. The van der Waals surface area contributed by atoms with E-state index >= 15 is 0 Å². The molecule has 0 amide bonds. The molecule has 0 saturated carbocycles. The van der Waals surface area contributed by atoms with E-state index in [1.807, 2.05) is 0 Å². The summed E-state index contributed by atoms with van der Waals surface area (Å²) in [5.74, 6) is 0. The summed E-state index contributed by atoms with van der Waals surface area (Å²) in [6.45, 7) is 0. The molecule has 0 aromatic carbocycles. The van der Waals surface area contributed by atoms with Crippen LogP contribution in [0.2, 0.25) is 0 Å². The lowest BCUT2D eigenvalue weighted by molar-refractivity contribution is 0.291. The predicted octanol–water partition coefficient (Wildman–Crippen LogP) is 2.12. The van der Waals surface area contributed by atoms with E-state index in [9.17, 15) is 4.57 Å². The summed E-state index contributed by atoms with van der Waals surface area (Å²) in [6.07, 6.45) is 1.73. The Morgan fingerprint density at radius 2 is 1.90 bits per heavy atom. The largest absolute Gasteiger partial charge is 0.377 e. The lowest BCUT2D eigenvalue weighted by atomic mass is 11.8. The van der Waals surface area contributed by atoms with Crippen molar-refractivity contribution in [2.24, 2.45) is 0 Å². The van der Waals surface area contributed by atoms with Crippen molar-refractivity contribution in [3.8, 4) is 0 Å². The number of rotatable bonds is 3. The van der Waals surface area contributed by atoms with Crippen molar-refractivity contribution in [3.05, 3.63) is 0 Å². The molecule has 6 heteroatoms. The Hall–Kier alpha value is 0.590. The van der Waals surface area contributed by atoms with E-state index < -0.39 is 7.60 Å². The van der Waals surface area contributed by atoms with Crippen molar-refractivity contribution in [3.63, 3.8) is 0 Å². The highest BCUT2D eigenvalue weighted by Crippen LogP contribution is 2.51. The van der Waals surface area contributed by atoms with E-state index in [1.54, 1.807) is 6.26 Å². The molecule has 0 fully saturated rings. The first-order chi connectivity index (χ1) is 4.60. The van der Waals surface area contributed by atoms with Crippen LogP contribution in [0.15, 0.2) is 0 Å². The zero-order valence-corrected chi connectivity index (χ0v) is 8.52. The molecule has 0 saturated heterocycles. The first kappa shape index (κ1) is 10.6. The molecule has 60 valence electrons. The molecule has 0 aliphatic carbocycles. The van der Waals surface area contributed by atoms with Gasteiger partial charge in [-0.2, -0.15) is 0 Å². The van der Waals surface area contributed by atoms with Gasteiger partial charge in [0.2, 0.25) is 0 Å². The molecule has 0 spiro atoms. The first-order valence-electron chi connectivity index (χ1n) is 2.40. The van der Waals surface area contributed by atoms with E-state index in [4.69, 9.17) is 12.2 Å². The van der Waals surface area contributed by atoms with Gasteiger partial charge in [-0.3, -0.25) is 4.57 Å². The Morgan fingerprint density at radius 1 is 1.50 bits per heavy atom. The fraction of sp³-hybridized carbons (Fsp3) is 0.750. The Morgan fingerprint density at radius 3 is 2.00 bits per heavy atom. The molecule has 0 heterocycles. The minimum Gasteiger partial charge on any atom is -0.308 e. The topological polar surface area (TPSA) is 35.5 Å². The molecular formula is C4H9O3PS2. The van der Waals surface area contributed by atoms with Gasteiger partial charge in [0.1, 0.15) is 0 Å². The van der Waals surface area contributed by atoms with E-state index in [0.29, 0.717) is 0 Å². The SMILES string of the molecule is COP(=O)(OC)C(=S)SC. The minimum absolute atomic E-state index is 0.262. The summed E-state index contributed by atoms with van der Waals surface area (Å²) >= 11 is 5.94. The summed E-state index contributed by atoms with van der Waals surface area (Å²) in [5, 5.41) is 0. The molecule has 0 aromatic heterocycles. The normalized spacial score (nSPS) is 11.5. The molecule has 0 aliphatic rings. The van der Waals surface area contributed by atoms with Crippen molar-refractivity contribution in [1.82, 2.24) is 0 Å². The van der Waals surface area contributed by atoms with Crippen molar-refractivity contribution < 1.29 is 13.6 Å².